The minimum absolute atomic E-state index is 0.253. The molecule has 2 atom stereocenters. The van der Waals surface area contributed by atoms with E-state index in [0.717, 1.165) is 31.4 Å². The molecular weight excluding hydrogens is 210 g/mol. The van der Waals surface area contributed by atoms with Gasteiger partial charge in [-0.15, -0.1) is 0 Å². The van der Waals surface area contributed by atoms with Gasteiger partial charge in [-0.1, -0.05) is 40.2 Å². The Hall–Kier alpha value is -0.790. The summed E-state index contributed by atoms with van der Waals surface area (Å²) in [5.74, 6) is 0.724. The lowest BCUT2D eigenvalue weighted by molar-refractivity contribution is 0.123. The maximum Gasteiger partial charge on any atom is 0.0853 e. The SMILES string of the molecule is C=C(O)CC(C)C(CC)(CCC)CCC(C)=N. The van der Waals surface area contributed by atoms with Gasteiger partial charge < -0.3 is 10.5 Å². The van der Waals surface area contributed by atoms with E-state index in [-0.39, 0.29) is 11.2 Å². The van der Waals surface area contributed by atoms with Crippen LogP contribution in [0.2, 0.25) is 0 Å². The zero-order valence-electron chi connectivity index (χ0n) is 12.0. The molecule has 0 spiro atoms. The number of allylic oxidation sites excluding steroid dienone is 1. The van der Waals surface area contributed by atoms with Crippen LogP contribution in [-0.4, -0.2) is 10.8 Å². The van der Waals surface area contributed by atoms with Gasteiger partial charge in [0.05, 0.1) is 5.76 Å². The molecule has 0 aliphatic carbocycles. The molecule has 0 aromatic rings. The van der Waals surface area contributed by atoms with Crippen molar-refractivity contribution in [1.82, 2.24) is 0 Å². The quantitative estimate of drug-likeness (QED) is 0.426. The van der Waals surface area contributed by atoms with Crippen LogP contribution in [0.1, 0.15) is 66.2 Å². The van der Waals surface area contributed by atoms with Crippen molar-refractivity contribution in [2.24, 2.45) is 11.3 Å². The van der Waals surface area contributed by atoms with Crippen molar-refractivity contribution in [3.05, 3.63) is 12.3 Å². The van der Waals surface area contributed by atoms with E-state index in [0.29, 0.717) is 12.3 Å². The molecule has 2 heteroatoms. The van der Waals surface area contributed by atoms with E-state index in [2.05, 4.69) is 27.4 Å². The van der Waals surface area contributed by atoms with E-state index < -0.39 is 0 Å². The summed E-state index contributed by atoms with van der Waals surface area (Å²) < 4.78 is 0. The van der Waals surface area contributed by atoms with Crippen LogP contribution in [0, 0.1) is 16.7 Å². The Morgan fingerprint density at radius 1 is 1.35 bits per heavy atom. The molecular formula is C15H29NO. The van der Waals surface area contributed by atoms with Gasteiger partial charge >= 0.3 is 0 Å². The molecule has 0 aliphatic heterocycles. The lowest BCUT2D eigenvalue weighted by atomic mass is 9.66. The lowest BCUT2D eigenvalue weighted by Gasteiger charge is -2.39. The fourth-order valence-electron chi connectivity index (χ4n) is 2.82. The summed E-state index contributed by atoms with van der Waals surface area (Å²) in [6, 6.07) is 0. The van der Waals surface area contributed by atoms with Crippen molar-refractivity contribution in [2.75, 3.05) is 0 Å². The topological polar surface area (TPSA) is 44.1 Å². The van der Waals surface area contributed by atoms with Crippen molar-refractivity contribution in [3.8, 4) is 0 Å². The zero-order chi connectivity index (χ0) is 13.5. The summed E-state index contributed by atoms with van der Waals surface area (Å²) in [5.41, 5.74) is 1.01. The molecule has 0 aromatic carbocycles. The van der Waals surface area contributed by atoms with Crippen molar-refractivity contribution in [2.45, 2.75) is 66.2 Å². The summed E-state index contributed by atoms with van der Waals surface area (Å²) in [7, 11) is 0. The van der Waals surface area contributed by atoms with Crippen LogP contribution in [0.4, 0.5) is 0 Å². The molecule has 0 rings (SSSR count). The Kier molecular flexibility index (Phi) is 7.17. The third kappa shape index (κ3) is 5.38. The highest BCUT2D eigenvalue weighted by Gasteiger charge is 2.33. The average molecular weight is 239 g/mol. The molecule has 2 nitrogen and oxygen atoms in total. The molecule has 0 aliphatic rings. The summed E-state index contributed by atoms with van der Waals surface area (Å²) >= 11 is 0. The Morgan fingerprint density at radius 2 is 1.94 bits per heavy atom. The van der Waals surface area contributed by atoms with Crippen molar-refractivity contribution in [1.29, 1.82) is 5.41 Å². The number of hydrogen-bond donors (Lipinski definition) is 2. The van der Waals surface area contributed by atoms with E-state index in [4.69, 9.17) is 5.41 Å². The first-order valence-electron chi connectivity index (χ1n) is 6.78. The Morgan fingerprint density at radius 3 is 2.29 bits per heavy atom. The van der Waals surface area contributed by atoms with Gasteiger partial charge in [-0.25, -0.2) is 0 Å². The number of rotatable bonds is 9. The van der Waals surface area contributed by atoms with E-state index >= 15 is 0 Å². The Bertz CT molecular complexity index is 260. The molecule has 0 bridgehead atoms. The molecule has 0 fully saturated rings. The van der Waals surface area contributed by atoms with Gasteiger partial charge in [0.25, 0.3) is 0 Å². The third-order valence-electron chi connectivity index (χ3n) is 4.04. The highest BCUT2D eigenvalue weighted by atomic mass is 16.3. The second-order valence-electron chi connectivity index (χ2n) is 5.42. The van der Waals surface area contributed by atoms with Gasteiger partial charge in [-0.05, 0) is 37.5 Å². The fourth-order valence-corrected chi connectivity index (χ4v) is 2.82. The molecule has 2 N–H and O–H groups in total. The minimum Gasteiger partial charge on any atom is -0.513 e. The smallest absolute Gasteiger partial charge is 0.0853 e. The van der Waals surface area contributed by atoms with Crippen molar-refractivity contribution >= 4 is 5.71 Å². The van der Waals surface area contributed by atoms with Crippen LogP contribution in [0.25, 0.3) is 0 Å². The Balaban J connectivity index is 4.77. The average Bonchev–Trinajstić information content (AvgIpc) is 2.23. The standard InChI is InChI=1S/C15H29NO/c1-6-9-15(7-2,10-8-13(4)16)12(3)11-14(5)17/h12,16-17H,5-11H2,1-4H3. The summed E-state index contributed by atoms with van der Waals surface area (Å²) in [6.07, 6.45) is 6.06. The monoisotopic (exact) mass is 239 g/mol. The van der Waals surface area contributed by atoms with Crippen LogP contribution >= 0.6 is 0 Å². The van der Waals surface area contributed by atoms with E-state index in [1.54, 1.807) is 0 Å². The molecule has 100 valence electrons. The zero-order valence-corrected chi connectivity index (χ0v) is 12.0. The van der Waals surface area contributed by atoms with Gasteiger partial charge in [0.15, 0.2) is 0 Å². The van der Waals surface area contributed by atoms with Crippen LogP contribution < -0.4 is 0 Å². The molecule has 0 saturated heterocycles. The highest BCUT2D eigenvalue weighted by molar-refractivity contribution is 5.78. The van der Waals surface area contributed by atoms with Gasteiger partial charge in [0.2, 0.25) is 0 Å². The minimum atomic E-state index is 0.253. The first kappa shape index (κ1) is 16.2. The first-order valence-corrected chi connectivity index (χ1v) is 6.78. The summed E-state index contributed by atoms with van der Waals surface area (Å²) in [5, 5.41) is 17.0. The molecule has 17 heavy (non-hydrogen) atoms. The predicted molar refractivity (Wildman–Crippen MR) is 75.8 cm³/mol. The van der Waals surface area contributed by atoms with Gasteiger partial charge in [-0.3, -0.25) is 0 Å². The number of aliphatic hydroxyl groups excluding tert-OH is 1. The molecule has 0 radical (unpaired) electrons. The van der Waals surface area contributed by atoms with Crippen molar-refractivity contribution in [3.63, 3.8) is 0 Å². The normalized spacial score (nSPS) is 16.2. The molecule has 0 amide bonds. The molecule has 0 saturated carbocycles. The lowest BCUT2D eigenvalue weighted by Crippen LogP contribution is -2.29. The van der Waals surface area contributed by atoms with Crippen LogP contribution in [-0.2, 0) is 0 Å². The van der Waals surface area contributed by atoms with Gasteiger partial charge in [0, 0.05) is 12.1 Å². The highest BCUT2D eigenvalue weighted by Crippen LogP contribution is 2.43. The third-order valence-corrected chi connectivity index (χ3v) is 4.04. The largest absolute Gasteiger partial charge is 0.513 e. The van der Waals surface area contributed by atoms with E-state index in [1.807, 2.05) is 6.92 Å². The maximum atomic E-state index is 9.39. The fraction of sp³-hybridized carbons (Fsp3) is 0.800. The van der Waals surface area contributed by atoms with Crippen LogP contribution in [0.15, 0.2) is 12.3 Å². The van der Waals surface area contributed by atoms with E-state index in [1.165, 1.54) is 6.42 Å². The second-order valence-corrected chi connectivity index (χ2v) is 5.42. The molecule has 2 unspecified atom stereocenters. The molecule has 0 heterocycles. The maximum absolute atomic E-state index is 9.39. The predicted octanol–water partition coefficient (Wildman–Crippen LogP) is 5.10. The van der Waals surface area contributed by atoms with Gasteiger partial charge in [-0.2, -0.15) is 0 Å². The molecule has 0 aromatic heterocycles. The van der Waals surface area contributed by atoms with Crippen LogP contribution in [0.5, 0.6) is 0 Å². The second kappa shape index (κ2) is 7.52. The van der Waals surface area contributed by atoms with Gasteiger partial charge in [0.1, 0.15) is 0 Å². The summed E-state index contributed by atoms with van der Waals surface area (Å²) in [6.45, 7) is 12.1. The first-order chi connectivity index (χ1) is 7.88. The Labute approximate surface area is 107 Å². The number of aliphatic hydroxyl groups is 1. The number of hydrogen-bond acceptors (Lipinski definition) is 2. The summed E-state index contributed by atoms with van der Waals surface area (Å²) in [4.78, 5) is 0. The van der Waals surface area contributed by atoms with Crippen molar-refractivity contribution < 1.29 is 5.11 Å². The van der Waals surface area contributed by atoms with Crippen LogP contribution in [0.3, 0.4) is 0 Å². The van der Waals surface area contributed by atoms with E-state index in [9.17, 15) is 5.11 Å². The number of nitrogens with one attached hydrogen (secondary N) is 1.